The molecular weight excluding hydrogens is 166 g/mol. The van der Waals surface area contributed by atoms with Gasteiger partial charge in [0.05, 0.1) is 0 Å². The summed E-state index contributed by atoms with van der Waals surface area (Å²) in [6, 6.07) is 0. The van der Waals surface area contributed by atoms with Gasteiger partial charge in [-0.3, -0.25) is 9.89 Å². The van der Waals surface area contributed by atoms with Crippen LogP contribution in [0.3, 0.4) is 0 Å². The molecule has 2 N–H and O–H groups in total. The lowest BCUT2D eigenvalue weighted by atomic mass is 9.79. The fourth-order valence-corrected chi connectivity index (χ4v) is 2.01. The number of rotatable bonds is 0. The lowest BCUT2D eigenvalue weighted by Crippen LogP contribution is -2.32. The number of carbonyl (C=O) groups is 1. The maximum Gasteiger partial charge on any atom is 0.226 e. The summed E-state index contributed by atoms with van der Waals surface area (Å²) in [6.45, 7) is 6.10. The van der Waals surface area contributed by atoms with Gasteiger partial charge in [-0.1, -0.05) is 13.8 Å². The van der Waals surface area contributed by atoms with E-state index in [-0.39, 0.29) is 11.3 Å². The van der Waals surface area contributed by atoms with Crippen LogP contribution in [0.5, 0.6) is 0 Å². The summed E-state index contributed by atoms with van der Waals surface area (Å²) in [4.78, 5) is 11.3. The van der Waals surface area contributed by atoms with Crippen molar-refractivity contribution in [3.8, 4) is 0 Å². The first-order chi connectivity index (χ1) is 6.00. The molecular formula is C9H13N3O. The number of carbonyl (C=O) groups excluding carboxylic acids is 1. The van der Waals surface area contributed by atoms with Crippen molar-refractivity contribution in [2.45, 2.75) is 32.6 Å². The number of anilines is 1. The quantitative estimate of drug-likeness (QED) is 0.631. The zero-order chi connectivity index (χ0) is 9.64. The number of fused-ring (bicyclic) bond motifs is 1. The minimum Gasteiger partial charge on any atom is -0.309 e. The Morgan fingerprint density at radius 3 is 2.85 bits per heavy atom. The number of aromatic amines is 1. The molecule has 0 fully saturated rings. The predicted octanol–water partition coefficient (Wildman–Crippen LogP) is 1.34. The van der Waals surface area contributed by atoms with Gasteiger partial charge in [0, 0.05) is 23.1 Å². The van der Waals surface area contributed by atoms with Crippen molar-refractivity contribution in [2.75, 3.05) is 5.32 Å². The third kappa shape index (κ3) is 1.13. The Labute approximate surface area is 76.7 Å². The summed E-state index contributed by atoms with van der Waals surface area (Å²) in [5.74, 6) is 0.739. The Morgan fingerprint density at radius 1 is 1.46 bits per heavy atom. The molecule has 2 rings (SSSR count). The first kappa shape index (κ1) is 8.29. The zero-order valence-electron chi connectivity index (χ0n) is 8.06. The Morgan fingerprint density at radius 2 is 2.15 bits per heavy atom. The van der Waals surface area contributed by atoms with Crippen molar-refractivity contribution in [3.63, 3.8) is 0 Å². The van der Waals surface area contributed by atoms with Crippen molar-refractivity contribution >= 4 is 11.7 Å². The summed E-state index contributed by atoms with van der Waals surface area (Å²) in [5, 5.41) is 9.69. The molecule has 1 aliphatic rings. The molecule has 1 aliphatic heterocycles. The largest absolute Gasteiger partial charge is 0.309 e. The lowest BCUT2D eigenvalue weighted by Gasteiger charge is -2.29. The molecule has 0 saturated heterocycles. The molecule has 70 valence electrons. The fraction of sp³-hybridized carbons (Fsp3) is 0.556. The van der Waals surface area contributed by atoms with E-state index in [9.17, 15) is 4.79 Å². The molecule has 1 aromatic heterocycles. The first-order valence-electron chi connectivity index (χ1n) is 4.36. The molecule has 0 bridgehead atoms. The van der Waals surface area contributed by atoms with Crippen molar-refractivity contribution in [2.24, 2.45) is 0 Å². The second-order valence-corrected chi connectivity index (χ2v) is 4.18. The average molecular weight is 179 g/mol. The SMILES string of the molecule is Cc1[nH]nc2c1C(C)(C)CC(=O)N2. The van der Waals surface area contributed by atoms with Crippen LogP contribution >= 0.6 is 0 Å². The summed E-state index contributed by atoms with van der Waals surface area (Å²) in [6.07, 6.45) is 0.528. The number of nitrogens with one attached hydrogen (secondary N) is 2. The van der Waals surface area contributed by atoms with E-state index in [2.05, 4.69) is 29.4 Å². The van der Waals surface area contributed by atoms with Gasteiger partial charge < -0.3 is 5.32 Å². The molecule has 1 aromatic rings. The minimum atomic E-state index is -0.102. The van der Waals surface area contributed by atoms with E-state index in [4.69, 9.17) is 0 Å². The summed E-state index contributed by atoms with van der Waals surface area (Å²) in [7, 11) is 0. The molecule has 0 unspecified atom stereocenters. The Balaban J connectivity index is 2.59. The van der Waals surface area contributed by atoms with Crippen LogP contribution < -0.4 is 5.32 Å². The van der Waals surface area contributed by atoms with E-state index < -0.39 is 0 Å². The fourth-order valence-electron chi connectivity index (χ4n) is 2.01. The standard InChI is InChI=1S/C9H13N3O/c1-5-7-8(12-11-5)10-6(13)4-9(7,2)3/h4H2,1-3H3,(H2,10,11,12,13). The highest BCUT2D eigenvalue weighted by Gasteiger charge is 2.35. The number of aryl methyl sites for hydroxylation is 1. The van der Waals surface area contributed by atoms with Crippen LogP contribution in [-0.2, 0) is 10.2 Å². The number of H-pyrrole nitrogens is 1. The van der Waals surface area contributed by atoms with Gasteiger partial charge in [-0.15, -0.1) is 0 Å². The molecule has 0 aromatic carbocycles. The van der Waals surface area contributed by atoms with Crippen LogP contribution in [0.15, 0.2) is 0 Å². The van der Waals surface area contributed by atoms with Crippen LogP contribution in [0.4, 0.5) is 5.82 Å². The molecule has 4 heteroatoms. The third-order valence-corrected chi connectivity index (χ3v) is 2.48. The van der Waals surface area contributed by atoms with Crippen molar-refractivity contribution < 1.29 is 4.79 Å². The van der Waals surface area contributed by atoms with Crippen molar-refractivity contribution in [3.05, 3.63) is 11.3 Å². The van der Waals surface area contributed by atoms with Crippen LogP contribution in [0.25, 0.3) is 0 Å². The van der Waals surface area contributed by atoms with Gasteiger partial charge in [-0.2, -0.15) is 5.10 Å². The highest BCUT2D eigenvalue weighted by Crippen LogP contribution is 2.37. The van der Waals surface area contributed by atoms with Gasteiger partial charge >= 0.3 is 0 Å². The summed E-state index contributed by atoms with van der Waals surface area (Å²) >= 11 is 0. The van der Waals surface area contributed by atoms with Crippen molar-refractivity contribution in [1.82, 2.24) is 10.2 Å². The second kappa shape index (κ2) is 2.34. The highest BCUT2D eigenvalue weighted by atomic mass is 16.1. The normalized spacial score (nSPS) is 19.5. The molecule has 0 atom stereocenters. The van der Waals surface area contributed by atoms with E-state index in [0.29, 0.717) is 12.2 Å². The van der Waals surface area contributed by atoms with Gasteiger partial charge in [0.1, 0.15) is 0 Å². The zero-order valence-corrected chi connectivity index (χ0v) is 8.06. The maximum absolute atomic E-state index is 11.3. The lowest BCUT2D eigenvalue weighted by molar-refractivity contribution is -0.117. The smallest absolute Gasteiger partial charge is 0.226 e. The van der Waals surface area contributed by atoms with E-state index in [1.165, 1.54) is 0 Å². The van der Waals surface area contributed by atoms with E-state index >= 15 is 0 Å². The predicted molar refractivity (Wildman–Crippen MR) is 49.6 cm³/mol. The van der Waals surface area contributed by atoms with Gasteiger partial charge in [0.15, 0.2) is 5.82 Å². The van der Waals surface area contributed by atoms with Crippen LogP contribution in [0.2, 0.25) is 0 Å². The molecule has 0 aliphatic carbocycles. The molecule has 0 spiro atoms. The summed E-state index contributed by atoms with van der Waals surface area (Å²) in [5.41, 5.74) is 2.07. The van der Waals surface area contributed by atoms with Crippen molar-refractivity contribution in [1.29, 1.82) is 0 Å². The van der Waals surface area contributed by atoms with Gasteiger partial charge in [0.25, 0.3) is 0 Å². The number of hydrogen-bond acceptors (Lipinski definition) is 2. The molecule has 13 heavy (non-hydrogen) atoms. The second-order valence-electron chi connectivity index (χ2n) is 4.18. The summed E-state index contributed by atoms with van der Waals surface area (Å²) < 4.78 is 0. The van der Waals surface area contributed by atoms with Gasteiger partial charge in [-0.05, 0) is 6.92 Å². The van der Waals surface area contributed by atoms with E-state index in [1.807, 2.05) is 6.92 Å². The van der Waals surface area contributed by atoms with Crippen LogP contribution in [0.1, 0.15) is 31.5 Å². The topological polar surface area (TPSA) is 57.8 Å². The van der Waals surface area contributed by atoms with E-state index in [0.717, 1.165) is 11.3 Å². The Hall–Kier alpha value is -1.32. The van der Waals surface area contributed by atoms with Crippen LogP contribution in [0, 0.1) is 6.92 Å². The molecule has 4 nitrogen and oxygen atoms in total. The Bertz CT molecular complexity index is 365. The minimum absolute atomic E-state index is 0.0454. The average Bonchev–Trinajstić information content (AvgIpc) is 2.29. The number of amides is 1. The number of nitrogens with zero attached hydrogens (tertiary/aromatic N) is 1. The third-order valence-electron chi connectivity index (χ3n) is 2.48. The van der Waals surface area contributed by atoms with Gasteiger partial charge in [0.2, 0.25) is 5.91 Å². The first-order valence-corrected chi connectivity index (χ1v) is 4.36. The van der Waals surface area contributed by atoms with E-state index in [1.54, 1.807) is 0 Å². The van der Waals surface area contributed by atoms with Gasteiger partial charge in [-0.25, -0.2) is 0 Å². The van der Waals surface area contributed by atoms with Crippen LogP contribution in [-0.4, -0.2) is 16.1 Å². The molecule has 0 radical (unpaired) electrons. The number of hydrogen-bond donors (Lipinski definition) is 2. The monoisotopic (exact) mass is 179 g/mol. The Kier molecular flexibility index (Phi) is 1.49. The molecule has 0 saturated carbocycles. The maximum atomic E-state index is 11.3. The highest BCUT2D eigenvalue weighted by molar-refractivity contribution is 5.94. The number of aromatic nitrogens is 2. The molecule has 2 heterocycles. The molecule has 1 amide bonds.